The standard InChI is InChI=1S/C19H21F2N3O4/c1-3-9-14(24-18(26)16(9)21)4-5-28-19-11-7-15(27-2)12(17(22)25)6-10(11)13(20)8-23-19/h6-9,14,16H,3-5H2,1-2H3,(H2,22,25)(H,24,26)/t9-,14+,16-/m0/s1. The lowest BCUT2D eigenvalue weighted by molar-refractivity contribution is -0.123. The van der Waals surface area contributed by atoms with E-state index in [9.17, 15) is 18.4 Å². The molecular weight excluding hydrogens is 372 g/mol. The molecule has 2 aromatic rings. The first-order chi connectivity index (χ1) is 13.4. The number of fused-ring (bicyclic) bond motifs is 1. The van der Waals surface area contributed by atoms with E-state index in [0.717, 1.165) is 6.20 Å². The Morgan fingerprint density at radius 1 is 1.36 bits per heavy atom. The van der Waals surface area contributed by atoms with Crippen molar-refractivity contribution in [1.82, 2.24) is 10.3 Å². The maximum atomic E-state index is 14.2. The van der Waals surface area contributed by atoms with E-state index in [4.69, 9.17) is 15.2 Å². The van der Waals surface area contributed by atoms with Crippen LogP contribution in [0.3, 0.4) is 0 Å². The Balaban J connectivity index is 1.83. The number of halogens is 2. The lowest BCUT2D eigenvalue weighted by Crippen LogP contribution is -2.30. The van der Waals surface area contributed by atoms with Gasteiger partial charge in [0.05, 0.1) is 30.9 Å². The minimum Gasteiger partial charge on any atom is -0.496 e. The van der Waals surface area contributed by atoms with Crippen LogP contribution in [0.2, 0.25) is 0 Å². The molecule has 7 nitrogen and oxygen atoms in total. The first kappa shape index (κ1) is 19.8. The highest BCUT2D eigenvalue weighted by Crippen LogP contribution is 2.32. The Bertz CT molecular complexity index is 922. The molecule has 3 atom stereocenters. The van der Waals surface area contributed by atoms with Gasteiger partial charge in [-0.15, -0.1) is 0 Å². The maximum Gasteiger partial charge on any atom is 0.255 e. The molecule has 3 N–H and O–H groups in total. The smallest absolute Gasteiger partial charge is 0.255 e. The summed E-state index contributed by atoms with van der Waals surface area (Å²) in [6.45, 7) is 1.96. The summed E-state index contributed by atoms with van der Waals surface area (Å²) < 4.78 is 38.9. The molecule has 0 saturated carbocycles. The van der Waals surface area contributed by atoms with Crippen molar-refractivity contribution in [1.29, 1.82) is 0 Å². The SMILES string of the molecule is CC[C@@H]1[C@H](F)C(=O)N[C@@H]1CCOc1ncc(F)c2cc(C(N)=O)c(OC)cc12. The van der Waals surface area contributed by atoms with E-state index in [2.05, 4.69) is 10.3 Å². The molecule has 28 heavy (non-hydrogen) atoms. The molecule has 1 aromatic carbocycles. The topological polar surface area (TPSA) is 104 Å². The Morgan fingerprint density at radius 2 is 2.11 bits per heavy atom. The molecule has 1 aliphatic rings. The number of aromatic nitrogens is 1. The number of methoxy groups -OCH3 is 1. The highest BCUT2D eigenvalue weighted by Gasteiger charge is 2.41. The summed E-state index contributed by atoms with van der Waals surface area (Å²) >= 11 is 0. The molecule has 1 aliphatic heterocycles. The van der Waals surface area contributed by atoms with E-state index in [1.807, 2.05) is 6.92 Å². The number of primary amides is 1. The molecule has 0 unspecified atom stereocenters. The molecule has 2 heterocycles. The van der Waals surface area contributed by atoms with Gasteiger partial charge < -0.3 is 20.5 Å². The van der Waals surface area contributed by atoms with Crippen molar-refractivity contribution < 1.29 is 27.8 Å². The van der Waals surface area contributed by atoms with Gasteiger partial charge in [0.2, 0.25) is 5.88 Å². The fourth-order valence-electron chi connectivity index (χ4n) is 3.51. The number of nitrogens with one attached hydrogen (secondary N) is 1. The van der Waals surface area contributed by atoms with Crippen molar-refractivity contribution in [3.05, 3.63) is 29.7 Å². The van der Waals surface area contributed by atoms with Crippen LogP contribution in [-0.4, -0.2) is 42.7 Å². The number of hydrogen-bond donors (Lipinski definition) is 2. The van der Waals surface area contributed by atoms with Crippen LogP contribution >= 0.6 is 0 Å². The second kappa shape index (κ2) is 7.95. The molecule has 0 bridgehead atoms. The first-order valence-electron chi connectivity index (χ1n) is 8.90. The summed E-state index contributed by atoms with van der Waals surface area (Å²) in [4.78, 5) is 27.0. The summed E-state index contributed by atoms with van der Waals surface area (Å²) in [6, 6.07) is 2.39. The van der Waals surface area contributed by atoms with E-state index in [1.165, 1.54) is 19.2 Å². The van der Waals surface area contributed by atoms with E-state index in [1.54, 1.807) is 0 Å². The van der Waals surface area contributed by atoms with Crippen LogP contribution in [0, 0.1) is 11.7 Å². The Morgan fingerprint density at radius 3 is 2.75 bits per heavy atom. The Labute approximate surface area is 160 Å². The molecule has 1 saturated heterocycles. The maximum absolute atomic E-state index is 14.2. The third-order valence-corrected chi connectivity index (χ3v) is 5.00. The number of alkyl halides is 1. The fourth-order valence-corrected chi connectivity index (χ4v) is 3.51. The second-order valence-electron chi connectivity index (χ2n) is 6.60. The van der Waals surface area contributed by atoms with E-state index >= 15 is 0 Å². The number of hydrogen-bond acceptors (Lipinski definition) is 5. The number of nitrogens with two attached hydrogens (primary N) is 1. The fraction of sp³-hybridized carbons (Fsp3) is 0.421. The van der Waals surface area contributed by atoms with Crippen LogP contribution in [0.4, 0.5) is 8.78 Å². The largest absolute Gasteiger partial charge is 0.496 e. The molecule has 1 fully saturated rings. The summed E-state index contributed by atoms with van der Waals surface area (Å²) in [5, 5.41) is 3.06. The normalized spacial score (nSPS) is 21.6. The van der Waals surface area contributed by atoms with Gasteiger partial charge in [-0.3, -0.25) is 9.59 Å². The number of nitrogens with zero attached hydrogens (tertiary/aromatic N) is 1. The molecule has 0 spiro atoms. The van der Waals surface area contributed by atoms with Gasteiger partial charge in [-0.05, 0) is 18.6 Å². The van der Waals surface area contributed by atoms with Crippen LogP contribution in [0.1, 0.15) is 30.1 Å². The molecule has 0 aliphatic carbocycles. The zero-order valence-electron chi connectivity index (χ0n) is 15.5. The van der Waals surface area contributed by atoms with Gasteiger partial charge in [-0.25, -0.2) is 13.8 Å². The molecular formula is C19H21F2N3O4. The van der Waals surface area contributed by atoms with Gasteiger partial charge in [0, 0.05) is 23.8 Å². The van der Waals surface area contributed by atoms with E-state index in [0.29, 0.717) is 18.2 Å². The van der Waals surface area contributed by atoms with E-state index < -0.39 is 29.7 Å². The lowest BCUT2D eigenvalue weighted by atomic mass is 9.94. The third kappa shape index (κ3) is 3.56. The number of carbonyl (C=O) groups excluding carboxylic acids is 2. The van der Waals surface area contributed by atoms with Crippen LogP contribution in [0.15, 0.2) is 18.3 Å². The summed E-state index contributed by atoms with van der Waals surface area (Å²) in [5.74, 6) is -2.09. The molecule has 0 radical (unpaired) electrons. The summed E-state index contributed by atoms with van der Waals surface area (Å²) in [6.07, 6.45) is 0.367. The van der Waals surface area contributed by atoms with Crippen molar-refractivity contribution in [3.8, 4) is 11.6 Å². The number of pyridine rings is 1. The predicted molar refractivity (Wildman–Crippen MR) is 97.5 cm³/mol. The molecule has 2 amide bonds. The molecule has 1 aromatic heterocycles. The number of amides is 2. The minimum absolute atomic E-state index is 0.0412. The van der Waals surface area contributed by atoms with Crippen LogP contribution < -0.4 is 20.5 Å². The van der Waals surface area contributed by atoms with Gasteiger partial charge in [0.15, 0.2) is 6.17 Å². The lowest BCUT2D eigenvalue weighted by Gasteiger charge is -2.18. The van der Waals surface area contributed by atoms with Gasteiger partial charge in [-0.2, -0.15) is 0 Å². The van der Waals surface area contributed by atoms with E-state index in [-0.39, 0.29) is 35.2 Å². The highest BCUT2D eigenvalue weighted by atomic mass is 19.1. The third-order valence-electron chi connectivity index (χ3n) is 5.00. The summed E-state index contributed by atoms with van der Waals surface area (Å²) in [5.41, 5.74) is 5.36. The van der Waals surface area contributed by atoms with Crippen molar-refractivity contribution in [2.45, 2.75) is 32.0 Å². The summed E-state index contributed by atoms with van der Waals surface area (Å²) in [7, 11) is 1.36. The average molecular weight is 393 g/mol. The zero-order chi connectivity index (χ0) is 20.4. The highest BCUT2D eigenvalue weighted by molar-refractivity contribution is 6.01. The number of ether oxygens (including phenoxy) is 2. The predicted octanol–water partition coefficient (Wildman–Crippen LogP) is 2.11. The average Bonchev–Trinajstić information content (AvgIpc) is 2.95. The van der Waals surface area contributed by atoms with Gasteiger partial charge >= 0.3 is 0 Å². The number of rotatable bonds is 7. The second-order valence-corrected chi connectivity index (χ2v) is 6.60. The first-order valence-corrected chi connectivity index (χ1v) is 8.90. The van der Waals surface area contributed by atoms with Crippen molar-refractivity contribution in [2.75, 3.05) is 13.7 Å². The van der Waals surface area contributed by atoms with Crippen molar-refractivity contribution >= 4 is 22.6 Å². The molecule has 9 heteroatoms. The van der Waals surface area contributed by atoms with Gasteiger partial charge in [-0.1, -0.05) is 6.92 Å². The van der Waals surface area contributed by atoms with Gasteiger partial charge in [0.1, 0.15) is 11.6 Å². The minimum atomic E-state index is -1.52. The van der Waals surface area contributed by atoms with Crippen molar-refractivity contribution in [3.63, 3.8) is 0 Å². The van der Waals surface area contributed by atoms with Crippen LogP contribution in [0.25, 0.3) is 10.8 Å². The van der Waals surface area contributed by atoms with Gasteiger partial charge in [0.25, 0.3) is 11.8 Å². The van der Waals surface area contributed by atoms with Crippen molar-refractivity contribution in [2.24, 2.45) is 11.7 Å². The number of carbonyl (C=O) groups is 2. The Hall–Kier alpha value is -2.97. The molecule has 150 valence electrons. The number of benzene rings is 1. The molecule has 3 rings (SSSR count). The zero-order valence-corrected chi connectivity index (χ0v) is 15.5. The monoisotopic (exact) mass is 393 g/mol. The Kier molecular flexibility index (Phi) is 5.62. The van der Waals surface area contributed by atoms with Crippen LogP contribution in [0.5, 0.6) is 11.6 Å². The van der Waals surface area contributed by atoms with Crippen LogP contribution in [-0.2, 0) is 4.79 Å². The quantitative estimate of drug-likeness (QED) is 0.750.